The predicted octanol–water partition coefficient (Wildman–Crippen LogP) is 0.507. The Labute approximate surface area is 147 Å². The molecule has 1 aromatic carbocycles. The lowest BCUT2D eigenvalue weighted by atomic mass is 10.2. The first kappa shape index (κ1) is 17.4. The van der Waals surface area contributed by atoms with Crippen molar-refractivity contribution in [3.8, 4) is 0 Å². The number of H-pyrrole nitrogens is 2. The number of pyridine rings is 1. The van der Waals surface area contributed by atoms with Crippen LogP contribution in [0.1, 0.15) is 22.5 Å². The van der Waals surface area contributed by atoms with Crippen LogP contribution in [0.2, 0.25) is 0 Å². The molecule has 0 unspecified atom stereocenters. The zero-order valence-corrected chi connectivity index (χ0v) is 14.2. The van der Waals surface area contributed by atoms with Gasteiger partial charge in [0.15, 0.2) is 0 Å². The van der Waals surface area contributed by atoms with Crippen LogP contribution >= 0.6 is 0 Å². The minimum absolute atomic E-state index is 0.0659. The fourth-order valence-electron chi connectivity index (χ4n) is 2.71. The number of aromatic amines is 2. The Bertz CT molecular complexity index is 1140. The average Bonchev–Trinajstić information content (AvgIpc) is 2.61. The number of amides is 1. The summed E-state index contributed by atoms with van der Waals surface area (Å²) in [5.41, 5.74) is 0.507. The van der Waals surface area contributed by atoms with Gasteiger partial charge >= 0.3 is 11.1 Å². The fourth-order valence-corrected chi connectivity index (χ4v) is 2.71. The van der Waals surface area contributed by atoms with Crippen molar-refractivity contribution in [1.29, 1.82) is 0 Å². The summed E-state index contributed by atoms with van der Waals surface area (Å²) in [5.74, 6) is -0.295. The Kier molecular flexibility index (Phi) is 4.83. The van der Waals surface area contributed by atoms with E-state index in [0.29, 0.717) is 36.1 Å². The first-order valence-electron chi connectivity index (χ1n) is 8.17. The van der Waals surface area contributed by atoms with Crippen molar-refractivity contribution in [1.82, 2.24) is 19.9 Å². The molecule has 0 aliphatic rings. The van der Waals surface area contributed by atoms with Gasteiger partial charge in [0.05, 0.1) is 11.0 Å². The van der Waals surface area contributed by atoms with Crippen LogP contribution in [-0.4, -0.2) is 27.0 Å². The smallest absolute Gasteiger partial charge is 0.314 e. The monoisotopic (exact) mass is 354 g/mol. The standard InChI is InChI=1S/C18H18N4O4/c1-11-4-2-5-15(23)22(11)9-3-8-19-16(24)12-6-7-13-14(10-12)21-18(26)17(25)20-13/h2,4-7,10H,3,8-9H2,1H3,(H,19,24)(H,20,25)(H,21,26). The van der Waals surface area contributed by atoms with Gasteiger partial charge in [-0.05, 0) is 37.6 Å². The highest BCUT2D eigenvalue weighted by atomic mass is 16.2. The van der Waals surface area contributed by atoms with Gasteiger partial charge in [-0.1, -0.05) is 6.07 Å². The molecule has 3 aromatic rings. The van der Waals surface area contributed by atoms with E-state index in [1.165, 1.54) is 12.1 Å². The van der Waals surface area contributed by atoms with Gasteiger partial charge in [0, 0.05) is 30.4 Å². The highest BCUT2D eigenvalue weighted by Gasteiger charge is 2.08. The zero-order chi connectivity index (χ0) is 18.7. The summed E-state index contributed by atoms with van der Waals surface area (Å²) in [4.78, 5) is 51.6. The second-order valence-electron chi connectivity index (χ2n) is 5.94. The second-order valence-corrected chi connectivity index (χ2v) is 5.94. The highest BCUT2D eigenvalue weighted by Crippen LogP contribution is 2.09. The molecule has 0 fully saturated rings. The van der Waals surface area contributed by atoms with Gasteiger partial charge in [-0.3, -0.25) is 19.2 Å². The SMILES string of the molecule is Cc1cccc(=O)n1CCCNC(=O)c1ccc2[nH]c(=O)c(=O)[nH]c2c1. The first-order valence-corrected chi connectivity index (χ1v) is 8.17. The molecular weight excluding hydrogens is 336 g/mol. The molecule has 0 radical (unpaired) electrons. The average molecular weight is 354 g/mol. The van der Waals surface area contributed by atoms with Crippen molar-refractivity contribution in [3.05, 3.63) is 78.7 Å². The van der Waals surface area contributed by atoms with E-state index in [1.807, 2.05) is 13.0 Å². The van der Waals surface area contributed by atoms with Crippen LogP contribution < -0.4 is 22.0 Å². The van der Waals surface area contributed by atoms with Crippen LogP contribution in [0.15, 0.2) is 50.8 Å². The van der Waals surface area contributed by atoms with Gasteiger partial charge in [0.1, 0.15) is 0 Å². The van der Waals surface area contributed by atoms with Crippen LogP contribution in [0.25, 0.3) is 11.0 Å². The largest absolute Gasteiger partial charge is 0.352 e. The van der Waals surface area contributed by atoms with Crippen LogP contribution in [0.4, 0.5) is 0 Å². The van der Waals surface area contributed by atoms with Crippen molar-refractivity contribution >= 4 is 16.9 Å². The summed E-state index contributed by atoms with van der Waals surface area (Å²) in [5, 5.41) is 2.78. The number of aromatic nitrogens is 3. The number of nitrogens with zero attached hydrogens (tertiary/aromatic N) is 1. The number of aryl methyl sites for hydroxylation is 1. The van der Waals surface area contributed by atoms with Crippen molar-refractivity contribution in [2.75, 3.05) is 6.54 Å². The molecule has 3 N–H and O–H groups in total. The summed E-state index contributed by atoms with van der Waals surface area (Å²) in [6.45, 7) is 2.78. The zero-order valence-electron chi connectivity index (χ0n) is 14.2. The third-order valence-electron chi connectivity index (χ3n) is 4.10. The molecule has 0 aliphatic carbocycles. The van der Waals surface area contributed by atoms with Crippen molar-refractivity contribution in [3.63, 3.8) is 0 Å². The Morgan fingerprint density at radius 1 is 1.04 bits per heavy atom. The third kappa shape index (κ3) is 3.64. The van der Waals surface area contributed by atoms with E-state index in [-0.39, 0.29) is 11.5 Å². The van der Waals surface area contributed by atoms with Crippen LogP contribution in [0.5, 0.6) is 0 Å². The molecule has 8 nitrogen and oxygen atoms in total. The van der Waals surface area contributed by atoms with Gasteiger partial charge in [-0.2, -0.15) is 0 Å². The summed E-state index contributed by atoms with van der Waals surface area (Å²) < 4.78 is 1.66. The molecule has 26 heavy (non-hydrogen) atoms. The third-order valence-corrected chi connectivity index (χ3v) is 4.10. The summed E-state index contributed by atoms with van der Waals surface area (Å²) in [6, 6.07) is 9.72. The molecule has 134 valence electrons. The van der Waals surface area contributed by atoms with E-state index in [2.05, 4.69) is 15.3 Å². The molecule has 0 saturated carbocycles. The topological polar surface area (TPSA) is 117 Å². The van der Waals surface area contributed by atoms with Gasteiger partial charge in [-0.15, -0.1) is 0 Å². The van der Waals surface area contributed by atoms with Crippen molar-refractivity contribution in [2.45, 2.75) is 19.9 Å². The van der Waals surface area contributed by atoms with E-state index >= 15 is 0 Å². The minimum atomic E-state index is -0.765. The number of benzene rings is 1. The van der Waals surface area contributed by atoms with E-state index in [0.717, 1.165) is 5.69 Å². The molecule has 0 bridgehead atoms. The highest BCUT2D eigenvalue weighted by molar-refractivity contribution is 5.97. The summed E-state index contributed by atoms with van der Waals surface area (Å²) in [6.07, 6.45) is 0.605. The van der Waals surface area contributed by atoms with E-state index in [1.54, 1.807) is 22.8 Å². The fraction of sp³-hybridized carbons (Fsp3) is 0.222. The molecule has 0 atom stereocenters. The molecule has 0 spiro atoms. The van der Waals surface area contributed by atoms with E-state index < -0.39 is 11.1 Å². The number of hydrogen-bond donors (Lipinski definition) is 3. The Balaban J connectivity index is 1.64. The van der Waals surface area contributed by atoms with Gasteiger partial charge in [0.2, 0.25) is 0 Å². The number of carbonyl (C=O) groups excluding carboxylic acids is 1. The van der Waals surface area contributed by atoms with Gasteiger partial charge in [-0.25, -0.2) is 0 Å². The summed E-state index contributed by atoms with van der Waals surface area (Å²) in [7, 11) is 0. The lowest BCUT2D eigenvalue weighted by Gasteiger charge is -2.10. The van der Waals surface area contributed by atoms with E-state index in [4.69, 9.17) is 0 Å². The Morgan fingerprint density at radius 3 is 2.50 bits per heavy atom. The number of rotatable bonds is 5. The van der Waals surface area contributed by atoms with Crippen LogP contribution in [0, 0.1) is 6.92 Å². The molecule has 0 saturated heterocycles. The normalized spacial score (nSPS) is 10.8. The van der Waals surface area contributed by atoms with Crippen molar-refractivity contribution in [2.24, 2.45) is 0 Å². The molecule has 1 amide bonds. The molecular formula is C18H18N4O4. The Morgan fingerprint density at radius 2 is 1.77 bits per heavy atom. The molecule has 8 heteroatoms. The minimum Gasteiger partial charge on any atom is -0.352 e. The number of fused-ring (bicyclic) bond motifs is 1. The van der Waals surface area contributed by atoms with E-state index in [9.17, 15) is 19.2 Å². The lowest BCUT2D eigenvalue weighted by Crippen LogP contribution is -2.29. The van der Waals surface area contributed by atoms with Gasteiger partial charge < -0.3 is 19.9 Å². The lowest BCUT2D eigenvalue weighted by molar-refractivity contribution is 0.0953. The van der Waals surface area contributed by atoms with Crippen LogP contribution in [-0.2, 0) is 6.54 Å². The van der Waals surface area contributed by atoms with Crippen LogP contribution in [0.3, 0.4) is 0 Å². The van der Waals surface area contributed by atoms with Crippen molar-refractivity contribution < 1.29 is 4.79 Å². The molecule has 0 aliphatic heterocycles. The predicted molar refractivity (Wildman–Crippen MR) is 97.6 cm³/mol. The number of carbonyl (C=O) groups is 1. The van der Waals surface area contributed by atoms with Gasteiger partial charge in [0.25, 0.3) is 11.5 Å². The first-order chi connectivity index (χ1) is 12.5. The Hall–Kier alpha value is -3.42. The maximum atomic E-state index is 12.2. The maximum absolute atomic E-state index is 12.2. The maximum Gasteiger partial charge on any atom is 0.314 e. The molecule has 2 aromatic heterocycles. The second kappa shape index (κ2) is 7.22. The molecule has 3 rings (SSSR count). The number of nitrogens with one attached hydrogen (secondary N) is 3. The molecule has 2 heterocycles. The quantitative estimate of drug-likeness (QED) is 0.457. The number of hydrogen-bond acceptors (Lipinski definition) is 4. The summed E-state index contributed by atoms with van der Waals surface area (Å²) >= 11 is 0.